The highest BCUT2D eigenvalue weighted by molar-refractivity contribution is 9.10. The van der Waals surface area contributed by atoms with E-state index in [0.717, 1.165) is 10.0 Å². The van der Waals surface area contributed by atoms with Gasteiger partial charge in [0.15, 0.2) is 0 Å². The Morgan fingerprint density at radius 1 is 1.73 bits per heavy atom. The van der Waals surface area contributed by atoms with Crippen molar-refractivity contribution in [3.63, 3.8) is 0 Å². The van der Waals surface area contributed by atoms with Crippen molar-refractivity contribution in [2.45, 2.75) is 6.04 Å². The normalized spacial score (nSPS) is 13.4. The third kappa shape index (κ3) is 2.27. The van der Waals surface area contributed by atoms with E-state index in [1.807, 2.05) is 10.8 Å². The quantitative estimate of drug-likeness (QED) is 0.872. The van der Waals surface area contributed by atoms with Crippen LogP contribution in [-0.2, 0) is 4.74 Å². The second-order valence-electron chi connectivity index (χ2n) is 2.24. The third-order valence-electron chi connectivity index (χ3n) is 1.39. The van der Waals surface area contributed by atoms with Crippen LogP contribution in [0.5, 0.6) is 0 Å². The van der Waals surface area contributed by atoms with Gasteiger partial charge in [0.25, 0.3) is 0 Å². The molecule has 2 nitrogen and oxygen atoms in total. The van der Waals surface area contributed by atoms with E-state index in [1.165, 1.54) is 0 Å². The Kier molecular flexibility index (Phi) is 3.51. The summed E-state index contributed by atoms with van der Waals surface area (Å²) in [5.74, 6) is 0. The van der Waals surface area contributed by atoms with Crippen LogP contribution in [0.3, 0.4) is 0 Å². The number of thiophene rings is 1. The van der Waals surface area contributed by atoms with Crippen molar-refractivity contribution in [2.24, 2.45) is 5.73 Å². The van der Waals surface area contributed by atoms with Crippen molar-refractivity contribution in [3.05, 3.63) is 20.8 Å². The number of methoxy groups -OCH3 is 1. The molecule has 1 unspecified atom stereocenters. The van der Waals surface area contributed by atoms with E-state index in [4.69, 9.17) is 10.5 Å². The largest absolute Gasteiger partial charge is 0.383 e. The Bertz CT molecular complexity index is 226. The Morgan fingerprint density at radius 2 is 2.45 bits per heavy atom. The monoisotopic (exact) mass is 235 g/mol. The molecule has 0 spiro atoms. The van der Waals surface area contributed by atoms with Crippen molar-refractivity contribution in [1.29, 1.82) is 0 Å². The maximum atomic E-state index is 5.80. The van der Waals surface area contributed by atoms with Gasteiger partial charge in [-0.05, 0) is 26.9 Å². The molecule has 0 saturated heterocycles. The summed E-state index contributed by atoms with van der Waals surface area (Å²) < 4.78 is 6.02. The number of rotatable bonds is 3. The number of ether oxygens (including phenoxy) is 1. The first-order chi connectivity index (χ1) is 5.25. The Hall–Kier alpha value is 0.100. The van der Waals surface area contributed by atoms with E-state index in [9.17, 15) is 0 Å². The third-order valence-corrected chi connectivity index (χ3v) is 3.14. The summed E-state index contributed by atoms with van der Waals surface area (Å²) in [5.41, 5.74) is 6.92. The zero-order chi connectivity index (χ0) is 8.27. The van der Waals surface area contributed by atoms with Crippen LogP contribution in [0.15, 0.2) is 15.2 Å². The van der Waals surface area contributed by atoms with Gasteiger partial charge in [-0.1, -0.05) is 0 Å². The summed E-state index contributed by atoms with van der Waals surface area (Å²) >= 11 is 5.05. The van der Waals surface area contributed by atoms with Gasteiger partial charge in [0.1, 0.15) is 0 Å². The van der Waals surface area contributed by atoms with Gasteiger partial charge in [0, 0.05) is 17.0 Å². The summed E-state index contributed by atoms with van der Waals surface area (Å²) in [6.07, 6.45) is 0. The van der Waals surface area contributed by atoms with Gasteiger partial charge in [-0.3, -0.25) is 0 Å². The molecular formula is C7H10BrNOS. The lowest BCUT2D eigenvalue weighted by Crippen LogP contribution is -2.15. The fourth-order valence-corrected chi connectivity index (χ4v) is 2.48. The van der Waals surface area contributed by atoms with E-state index in [1.54, 1.807) is 18.4 Å². The minimum atomic E-state index is -0.0133. The first-order valence-corrected chi connectivity index (χ1v) is 4.95. The summed E-state index contributed by atoms with van der Waals surface area (Å²) in [6.45, 7) is 0.565. The van der Waals surface area contributed by atoms with Gasteiger partial charge in [0.05, 0.1) is 12.6 Å². The van der Waals surface area contributed by atoms with Gasteiger partial charge in [-0.15, -0.1) is 0 Å². The average Bonchev–Trinajstić information content (AvgIpc) is 2.36. The number of hydrogen-bond donors (Lipinski definition) is 1. The van der Waals surface area contributed by atoms with Crippen molar-refractivity contribution in [1.82, 2.24) is 0 Å². The second-order valence-corrected chi connectivity index (χ2v) is 3.83. The Balaban J connectivity index is 2.67. The first kappa shape index (κ1) is 9.19. The van der Waals surface area contributed by atoms with Crippen LogP contribution < -0.4 is 5.73 Å². The zero-order valence-electron chi connectivity index (χ0n) is 6.21. The molecule has 0 amide bonds. The molecule has 4 heteroatoms. The van der Waals surface area contributed by atoms with Crippen LogP contribution in [0.2, 0.25) is 0 Å². The van der Waals surface area contributed by atoms with Gasteiger partial charge in [-0.2, -0.15) is 11.3 Å². The van der Waals surface area contributed by atoms with Crippen LogP contribution in [0, 0.1) is 0 Å². The molecule has 0 saturated carbocycles. The van der Waals surface area contributed by atoms with Crippen LogP contribution in [0.1, 0.15) is 11.6 Å². The minimum Gasteiger partial charge on any atom is -0.383 e. The summed E-state index contributed by atoms with van der Waals surface area (Å²) in [5, 5.41) is 4.05. The standard InChI is InChI=1S/C7H10BrNOS/c1-10-2-7(9)5-3-11-4-6(5)8/h3-4,7H,2,9H2,1H3. The van der Waals surface area contributed by atoms with E-state index in [0.29, 0.717) is 6.61 Å². The van der Waals surface area contributed by atoms with Gasteiger partial charge >= 0.3 is 0 Å². The molecule has 0 aliphatic rings. The molecule has 1 aromatic heterocycles. The number of nitrogens with two attached hydrogens (primary N) is 1. The lowest BCUT2D eigenvalue weighted by atomic mass is 10.2. The Morgan fingerprint density at radius 3 is 2.91 bits per heavy atom. The fourth-order valence-electron chi connectivity index (χ4n) is 0.825. The molecule has 0 bridgehead atoms. The molecule has 1 aromatic rings. The highest BCUT2D eigenvalue weighted by atomic mass is 79.9. The molecule has 0 aliphatic heterocycles. The topological polar surface area (TPSA) is 35.2 Å². The molecule has 0 fully saturated rings. The molecule has 11 heavy (non-hydrogen) atoms. The van der Waals surface area contributed by atoms with Crippen LogP contribution in [0.25, 0.3) is 0 Å². The van der Waals surface area contributed by atoms with Gasteiger partial charge < -0.3 is 10.5 Å². The van der Waals surface area contributed by atoms with Crippen molar-refractivity contribution in [2.75, 3.05) is 13.7 Å². The van der Waals surface area contributed by atoms with Crippen molar-refractivity contribution < 1.29 is 4.74 Å². The molecule has 2 N–H and O–H groups in total. The van der Waals surface area contributed by atoms with E-state index < -0.39 is 0 Å². The molecule has 0 radical (unpaired) electrons. The number of halogens is 1. The summed E-state index contributed by atoms with van der Waals surface area (Å²) in [6, 6.07) is -0.0133. The lowest BCUT2D eigenvalue weighted by molar-refractivity contribution is 0.181. The fraction of sp³-hybridized carbons (Fsp3) is 0.429. The summed E-state index contributed by atoms with van der Waals surface area (Å²) in [7, 11) is 1.65. The Labute approximate surface area is 78.5 Å². The second kappa shape index (κ2) is 4.21. The highest BCUT2D eigenvalue weighted by Crippen LogP contribution is 2.25. The molecule has 1 rings (SSSR count). The highest BCUT2D eigenvalue weighted by Gasteiger charge is 2.09. The SMILES string of the molecule is COCC(N)c1cscc1Br. The van der Waals surface area contributed by atoms with Gasteiger partial charge in [0.2, 0.25) is 0 Å². The predicted octanol–water partition coefficient (Wildman–Crippen LogP) is 2.16. The molecule has 0 aliphatic carbocycles. The molecule has 1 heterocycles. The van der Waals surface area contributed by atoms with Crippen LogP contribution >= 0.6 is 27.3 Å². The minimum absolute atomic E-state index is 0.0133. The lowest BCUT2D eigenvalue weighted by Gasteiger charge is -2.08. The van der Waals surface area contributed by atoms with E-state index in [-0.39, 0.29) is 6.04 Å². The predicted molar refractivity (Wildman–Crippen MR) is 50.8 cm³/mol. The smallest absolute Gasteiger partial charge is 0.0656 e. The number of hydrogen-bond acceptors (Lipinski definition) is 3. The molecule has 62 valence electrons. The maximum Gasteiger partial charge on any atom is 0.0656 e. The van der Waals surface area contributed by atoms with Crippen LogP contribution in [0.4, 0.5) is 0 Å². The van der Waals surface area contributed by atoms with E-state index in [2.05, 4.69) is 15.9 Å². The van der Waals surface area contributed by atoms with Crippen molar-refractivity contribution in [3.8, 4) is 0 Å². The average molecular weight is 236 g/mol. The molecule has 1 atom stereocenters. The van der Waals surface area contributed by atoms with Gasteiger partial charge in [-0.25, -0.2) is 0 Å². The zero-order valence-corrected chi connectivity index (χ0v) is 8.61. The molecular weight excluding hydrogens is 226 g/mol. The maximum absolute atomic E-state index is 5.80. The first-order valence-electron chi connectivity index (χ1n) is 3.21. The summed E-state index contributed by atoms with van der Waals surface area (Å²) in [4.78, 5) is 0. The van der Waals surface area contributed by atoms with Crippen LogP contribution in [-0.4, -0.2) is 13.7 Å². The van der Waals surface area contributed by atoms with E-state index >= 15 is 0 Å². The molecule has 0 aromatic carbocycles. The van der Waals surface area contributed by atoms with Crippen molar-refractivity contribution >= 4 is 27.3 Å².